The van der Waals surface area contributed by atoms with E-state index < -0.39 is 15.8 Å². The summed E-state index contributed by atoms with van der Waals surface area (Å²) >= 11 is 5.95. The van der Waals surface area contributed by atoms with E-state index in [2.05, 4.69) is 0 Å². The van der Waals surface area contributed by atoms with Gasteiger partial charge in [0.1, 0.15) is 5.82 Å². The molecule has 0 saturated carbocycles. The second-order valence-electron chi connectivity index (χ2n) is 6.37. The summed E-state index contributed by atoms with van der Waals surface area (Å²) in [6.45, 7) is 1.04. The molecule has 144 valence electrons. The molecule has 3 rings (SSSR count). The minimum atomic E-state index is -3.75. The molecule has 1 aliphatic rings. The van der Waals surface area contributed by atoms with E-state index in [1.54, 1.807) is 11.0 Å². The number of amides is 1. The molecule has 0 aliphatic carbocycles. The molecule has 0 bridgehead atoms. The third-order valence-electron chi connectivity index (χ3n) is 4.54. The Bertz CT molecular complexity index is 928. The molecule has 0 radical (unpaired) electrons. The number of nitrogens with zero attached hydrogens (tertiary/aromatic N) is 2. The van der Waals surface area contributed by atoms with E-state index in [4.69, 9.17) is 11.6 Å². The lowest BCUT2D eigenvalue weighted by atomic mass is 10.1. The first-order valence-electron chi connectivity index (χ1n) is 8.64. The number of halogens is 2. The highest BCUT2D eigenvalue weighted by Gasteiger charge is 2.30. The van der Waals surface area contributed by atoms with Crippen LogP contribution in [0.25, 0.3) is 0 Å². The SMILES string of the molecule is O=C(CCc1cccc(Cl)c1)N1CCN(S(=O)(=O)c2cccc(F)c2)CC1. The lowest BCUT2D eigenvalue weighted by Crippen LogP contribution is -2.50. The second kappa shape index (κ2) is 8.37. The van der Waals surface area contributed by atoms with Gasteiger partial charge >= 0.3 is 0 Å². The molecule has 2 aromatic rings. The maximum absolute atomic E-state index is 13.3. The third-order valence-corrected chi connectivity index (χ3v) is 6.67. The normalized spacial score (nSPS) is 15.7. The van der Waals surface area contributed by atoms with Gasteiger partial charge in [0.05, 0.1) is 4.90 Å². The van der Waals surface area contributed by atoms with Crippen LogP contribution in [0, 0.1) is 5.82 Å². The zero-order chi connectivity index (χ0) is 19.4. The molecule has 0 spiro atoms. The molecule has 0 atom stereocenters. The van der Waals surface area contributed by atoms with E-state index in [9.17, 15) is 17.6 Å². The first-order valence-corrected chi connectivity index (χ1v) is 10.5. The Balaban J connectivity index is 1.56. The fourth-order valence-electron chi connectivity index (χ4n) is 3.06. The van der Waals surface area contributed by atoms with Gasteiger partial charge in [-0.2, -0.15) is 4.31 Å². The highest BCUT2D eigenvalue weighted by Crippen LogP contribution is 2.19. The van der Waals surface area contributed by atoms with E-state index in [1.165, 1.54) is 22.5 Å². The number of carbonyl (C=O) groups excluding carboxylic acids is 1. The van der Waals surface area contributed by atoms with Crippen LogP contribution in [0.3, 0.4) is 0 Å². The van der Waals surface area contributed by atoms with E-state index in [0.29, 0.717) is 31.0 Å². The van der Waals surface area contributed by atoms with Crippen molar-refractivity contribution in [3.8, 4) is 0 Å². The number of rotatable bonds is 5. The van der Waals surface area contributed by atoms with Crippen LogP contribution in [0.1, 0.15) is 12.0 Å². The largest absolute Gasteiger partial charge is 0.340 e. The molecule has 1 fully saturated rings. The van der Waals surface area contributed by atoms with Gasteiger partial charge in [-0.15, -0.1) is 0 Å². The minimum absolute atomic E-state index is 0.0159. The van der Waals surface area contributed by atoms with Crippen molar-refractivity contribution >= 4 is 27.5 Å². The van der Waals surface area contributed by atoms with Crippen molar-refractivity contribution in [3.05, 3.63) is 64.9 Å². The summed E-state index contributed by atoms with van der Waals surface area (Å²) in [4.78, 5) is 14.0. The number of hydrogen-bond acceptors (Lipinski definition) is 3. The summed E-state index contributed by atoms with van der Waals surface area (Å²) in [7, 11) is -3.75. The Kier molecular flexibility index (Phi) is 6.14. The molecule has 1 aliphatic heterocycles. The van der Waals surface area contributed by atoms with Crippen molar-refractivity contribution in [1.29, 1.82) is 0 Å². The van der Waals surface area contributed by atoms with Gasteiger partial charge in [-0.3, -0.25) is 4.79 Å². The Hall–Kier alpha value is -1.96. The average molecular weight is 411 g/mol. The molecule has 0 aromatic heterocycles. The minimum Gasteiger partial charge on any atom is -0.340 e. The van der Waals surface area contributed by atoms with E-state index in [1.807, 2.05) is 18.2 Å². The van der Waals surface area contributed by atoms with Crippen molar-refractivity contribution in [3.63, 3.8) is 0 Å². The van der Waals surface area contributed by atoms with Crippen molar-refractivity contribution in [2.45, 2.75) is 17.7 Å². The van der Waals surface area contributed by atoms with Crippen LogP contribution in [0.2, 0.25) is 5.02 Å². The van der Waals surface area contributed by atoms with Gasteiger partial charge in [0, 0.05) is 37.6 Å². The summed E-state index contributed by atoms with van der Waals surface area (Å²) in [6.07, 6.45) is 0.929. The number of sulfonamides is 1. The first-order chi connectivity index (χ1) is 12.9. The molecule has 0 N–H and O–H groups in total. The van der Waals surface area contributed by atoms with Crippen molar-refractivity contribution in [2.75, 3.05) is 26.2 Å². The maximum atomic E-state index is 13.3. The zero-order valence-electron chi connectivity index (χ0n) is 14.6. The van der Waals surface area contributed by atoms with Crippen LogP contribution in [0.5, 0.6) is 0 Å². The second-order valence-corrected chi connectivity index (χ2v) is 8.75. The Morgan fingerprint density at radius 2 is 1.74 bits per heavy atom. The number of carbonyl (C=O) groups is 1. The van der Waals surface area contributed by atoms with Crippen molar-refractivity contribution < 1.29 is 17.6 Å². The van der Waals surface area contributed by atoms with Gasteiger partial charge in [-0.25, -0.2) is 12.8 Å². The number of piperazine rings is 1. The fourth-order valence-corrected chi connectivity index (χ4v) is 4.72. The lowest BCUT2D eigenvalue weighted by Gasteiger charge is -2.34. The molecule has 5 nitrogen and oxygen atoms in total. The van der Waals surface area contributed by atoms with Gasteiger partial charge < -0.3 is 4.90 Å². The summed E-state index contributed by atoms with van der Waals surface area (Å²) in [5.41, 5.74) is 0.989. The summed E-state index contributed by atoms with van der Waals surface area (Å²) in [5, 5.41) is 0.635. The Morgan fingerprint density at radius 3 is 2.41 bits per heavy atom. The van der Waals surface area contributed by atoms with Crippen molar-refractivity contribution in [2.24, 2.45) is 0 Å². The van der Waals surface area contributed by atoms with Gasteiger partial charge in [-0.05, 0) is 42.3 Å². The van der Waals surface area contributed by atoms with E-state index in [-0.39, 0.29) is 23.9 Å². The highest BCUT2D eigenvalue weighted by atomic mass is 35.5. The monoisotopic (exact) mass is 410 g/mol. The van der Waals surface area contributed by atoms with Gasteiger partial charge in [0.15, 0.2) is 0 Å². The smallest absolute Gasteiger partial charge is 0.243 e. The molecule has 1 amide bonds. The Labute approximate surface area is 163 Å². The fraction of sp³-hybridized carbons (Fsp3) is 0.316. The van der Waals surface area contributed by atoms with Crippen LogP contribution in [-0.4, -0.2) is 49.7 Å². The third kappa shape index (κ3) is 4.86. The molecule has 0 unspecified atom stereocenters. The first kappa shape index (κ1) is 19.8. The number of hydrogen-bond donors (Lipinski definition) is 0. The molecule has 1 saturated heterocycles. The van der Waals surface area contributed by atoms with Gasteiger partial charge in [0.25, 0.3) is 0 Å². The maximum Gasteiger partial charge on any atom is 0.243 e. The van der Waals surface area contributed by atoms with E-state index in [0.717, 1.165) is 11.6 Å². The summed E-state index contributed by atoms with van der Waals surface area (Å²) < 4.78 is 39.8. The van der Waals surface area contributed by atoms with Crippen LogP contribution >= 0.6 is 11.6 Å². The molecular weight excluding hydrogens is 391 g/mol. The van der Waals surface area contributed by atoms with E-state index >= 15 is 0 Å². The molecule has 27 heavy (non-hydrogen) atoms. The standard InChI is InChI=1S/C19H20ClFN2O3S/c20-16-4-1-3-15(13-16)7-8-19(24)22-9-11-23(12-10-22)27(25,26)18-6-2-5-17(21)14-18/h1-6,13-14H,7-12H2. The quantitative estimate of drug-likeness (QED) is 0.761. The van der Waals surface area contributed by atoms with Gasteiger partial charge in [0.2, 0.25) is 15.9 Å². The lowest BCUT2D eigenvalue weighted by molar-refractivity contribution is -0.132. The van der Waals surface area contributed by atoms with Crippen LogP contribution in [0.4, 0.5) is 4.39 Å². The van der Waals surface area contributed by atoms with Crippen LogP contribution < -0.4 is 0 Å². The topological polar surface area (TPSA) is 57.7 Å². The molecule has 1 heterocycles. The number of aryl methyl sites for hydroxylation is 1. The predicted octanol–water partition coefficient (Wildman–Crippen LogP) is 2.94. The molecular formula is C19H20ClFN2O3S. The molecule has 2 aromatic carbocycles. The van der Waals surface area contributed by atoms with Gasteiger partial charge in [-0.1, -0.05) is 29.8 Å². The van der Waals surface area contributed by atoms with Crippen LogP contribution in [-0.2, 0) is 21.2 Å². The number of benzene rings is 2. The summed E-state index contributed by atoms with van der Waals surface area (Å²) in [5.74, 6) is -0.608. The zero-order valence-corrected chi connectivity index (χ0v) is 16.2. The Morgan fingerprint density at radius 1 is 1.04 bits per heavy atom. The predicted molar refractivity (Wildman–Crippen MR) is 102 cm³/mol. The van der Waals surface area contributed by atoms with Crippen LogP contribution in [0.15, 0.2) is 53.4 Å². The summed E-state index contributed by atoms with van der Waals surface area (Å²) in [6, 6.07) is 12.3. The van der Waals surface area contributed by atoms with Crippen molar-refractivity contribution in [1.82, 2.24) is 9.21 Å². The molecule has 8 heteroatoms. The average Bonchev–Trinajstić information content (AvgIpc) is 2.66. The highest BCUT2D eigenvalue weighted by molar-refractivity contribution is 7.89.